The van der Waals surface area contributed by atoms with E-state index in [0.717, 1.165) is 40.8 Å². The van der Waals surface area contributed by atoms with Crippen molar-refractivity contribution in [2.45, 2.75) is 38.6 Å². The average Bonchev–Trinajstić information content (AvgIpc) is 3.49. The van der Waals surface area contributed by atoms with Crippen LogP contribution in [-0.4, -0.2) is 43.4 Å². The van der Waals surface area contributed by atoms with Gasteiger partial charge in [-0.05, 0) is 57.0 Å². The summed E-state index contributed by atoms with van der Waals surface area (Å²) in [5.74, 6) is 0.648. The number of furan rings is 1. The molecule has 0 N–H and O–H groups in total. The number of aromatic nitrogens is 4. The molecule has 7 nitrogen and oxygen atoms in total. The van der Waals surface area contributed by atoms with Crippen LogP contribution in [0, 0.1) is 0 Å². The van der Waals surface area contributed by atoms with Gasteiger partial charge in [0.05, 0.1) is 23.8 Å². The van der Waals surface area contributed by atoms with E-state index >= 15 is 0 Å². The Morgan fingerprint density at radius 1 is 1.19 bits per heavy atom. The molecule has 0 bridgehead atoms. The van der Waals surface area contributed by atoms with E-state index in [2.05, 4.69) is 34.4 Å². The molecule has 1 fully saturated rings. The van der Waals surface area contributed by atoms with Crippen molar-refractivity contribution in [2.24, 2.45) is 0 Å². The number of hydrogen-bond donors (Lipinski definition) is 0. The third kappa shape index (κ3) is 3.60. The standard InChI is InChI=1S/C24H25N5O2/c1-16(2)29-15-26-23-20(29)13-19(27-22(23)18-5-3-9-25-14-18)17-7-10-28(11-8-17)24(30)21-6-4-12-31-21/h3-6,9,12-17H,7-8,10-11H2,1-2H3. The van der Waals surface area contributed by atoms with Crippen LogP contribution in [0.15, 0.2) is 59.7 Å². The zero-order chi connectivity index (χ0) is 21.4. The Labute approximate surface area is 180 Å². The van der Waals surface area contributed by atoms with Crippen LogP contribution in [-0.2, 0) is 0 Å². The molecule has 0 spiro atoms. The number of carbonyl (C=O) groups excluding carboxylic acids is 1. The van der Waals surface area contributed by atoms with Gasteiger partial charge in [0.15, 0.2) is 5.76 Å². The summed E-state index contributed by atoms with van der Waals surface area (Å²) in [4.78, 5) is 28.5. The van der Waals surface area contributed by atoms with Crippen molar-refractivity contribution < 1.29 is 9.21 Å². The predicted octanol–water partition coefficient (Wildman–Crippen LogP) is 4.69. The van der Waals surface area contributed by atoms with Gasteiger partial charge in [-0.1, -0.05) is 0 Å². The lowest BCUT2D eigenvalue weighted by molar-refractivity contribution is 0.0680. The minimum Gasteiger partial charge on any atom is -0.459 e. The molecule has 0 radical (unpaired) electrons. The summed E-state index contributed by atoms with van der Waals surface area (Å²) in [7, 11) is 0. The van der Waals surface area contributed by atoms with Gasteiger partial charge in [-0.15, -0.1) is 0 Å². The number of hydrogen-bond acceptors (Lipinski definition) is 5. The topological polar surface area (TPSA) is 77.1 Å². The second-order valence-electron chi connectivity index (χ2n) is 8.29. The molecule has 1 aliphatic rings. The van der Waals surface area contributed by atoms with E-state index in [-0.39, 0.29) is 11.8 Å². The number of pyridine rings is 2. The lowest BCUT2D eigenvalue weighted by atomic mass is 9.92. The monoisotopic (exact) mass is 415 g/mol. The van der Waals surface area contributed by atoms with Gasteiger partial charge in [-0.2, -0.15) is 0 Å². The number of amides is 1. The fraction of sp³-hybridized carbons (Fsp3) is 0.333. The third-order valence-corrected chi connectivity index (χ3v) is 6.01. The van der Waals surface area contributed by atoms with Crippen molar-refractivity contribution in [3.05, 3.63) is 66.8 Å². The molecule has 31 heavy (non-hydrogen) atoms. The van der Waals surface area contributed by atoms with Crippen molar-refractivity contribution in [1.29, 1.82) is 0 Å². The second-order valence-corrected chi connectivity index (χ2v) is 8.29. The molecule has 0 saturated carbocycles. The van der Waals surface area contributed by atoms with Crippen molar-refractivity contribution in [1.82, 2.24) is 24.4 Å². The van der Waals surface area contributed by atoms with Crippen molar-refractivity contribution >= 4 is 16.9 Å². The molecule has 0 atom stereocenters. The summed E-state index contributed by atoms with van der Waals surface area (Å²) in [5.41, 5.74) is 4.88. The SMILES string of the molecule is CC(C)n1cnc2c(-c3cccnc3)nc(C3CCN(C(=O)c4ccco4)CC3)cc21. The maximum atomic E-state index is 12.6. The van der Waals surface area contributed by atoms with Crippen molar-refractivity contribution in [3.63, 3.8) is 0 Å². The quantitative estimate of drug-likeness (QED) is 0.483. The lowest BCUT2D eigenvalue weighted by Crippen LogP contribution is -2.37. The number of carbonyl (C=O) groups is 1. The van der Waals surface area contributed by atoms with Crippen molar-refractivity contribution in [2.75, 3.05) is 13.1 Å². The molecule has 7 heteroatoms. The highest BCUT2D eigenvalue weighted by molar-refractivity contribution is 5.91. The number of piperidine rings is 1. The first kappa shape index (κ1) is 19.5. The minimum absolute atomic E-state index is 0.0409. The average molecular weight is 415 g/mol. The van der Waals surface area contributed by atoms with Gasteiger partial charge in [-0.3, -0.25) is 14.8 Å². The van der Waals surface area contributed by atoms with Crippen LogP contribution in [0.5, 0.6) is 0 Å². The number of fused-ring (bicyclic) bond motifs is 1. The smallest absolute Gasteiger partial charge is 0.289 e. The van der Waals surface area contributed by atoms with Gasteiger partial charge in [0, 0.05) is 48.7 Å². The van der Waals surface area contributed by atoms with Crippen LogP contribution >= 0.6 is 0 Å². The highest BCUT2D eigenvalue weighted by Crippen LogP contribution is 2.34. The van der Waals surface area contributed by atoms with Gasteiger partial charge in [-0.25, -0.2) is 4.98 Å². The summed E-state index contributed by atoms with van der Waals surface area (Å²) >= 11 is 0. The van der Waals surface area contributed by atoms with E-state index in [4.69, 9.17) is 9.40 Å². The number of nitrogens with zero attached hydrogens (tertiary/aromatic N) is 5. The zero-order valence-electron chi connectivity index (χ0n) is 17.7. The maximum absolute atomic E-state index is 12.6. The Morgan fingerprint density at radius 2 is 2.03 bits per heavy atom. The van der Waals surface area contributed by atoms with E-state index in [0.29, 0.717) is 24.9 Å². The molecule has 5 rings (SSSR count). The molecule has 1 amide bonds. The van der Waals surface area contributed by atoms with Gasteiger partial charge in [0.25, 0.3) is 5.91 Å². The van der Waals surface area contributed by atoms with Crippen LogP contribution in [0.2, 0.25) is 0 Å². The minimum atomic E-state index is -0.0409. The highest BCUT2D eigenvalue weighted by Gasteiger charge is 2.28. The molecule has 158 valence electrons. The zero-order valence-corrected chi connectivity index (χ0v) is 17.7. The van der Waals surface area contributed by atoms with Gasteiger partial charge < -0.3 is 13.9 Å². The van der Waals surface area contributed by atoms with E-state index in [1.165, 1.54) is 6.26 Å². The van der Waals surface area contributed by atoms with E-state index in [9.17, 15) is 4.79 Å². The maximum Gasteiger partial charge on any atom is 0.289 e. The normalized spacial score (nSPS) is 15.1. The van der Waals surface area contributed by atoms with Crippen LogP contribution in [0.1, 0.15) is 54.9 Å². The molecule has 4 aromatic heterocycles. The molecule has 5 heterocycles. The first-order valence-corrected chi connectivity index (χ1v) is 10.7. The summed E-state index contributed by atoms with van der Waals surface area (Å²) < 4.78 is 7.47. The first-order valence-electron chi connectivity index (χ1n) is 10.7. The predicted molar refractivity (Wildman–Crippen MR) is 118 cm³/mol. The van der Waals surface area contributed by atoms with E-state index in [1.54, 1.807) is 18.3 Å². The summed E-state index contributed by atoms with van der Waals surface area (Å²) in [6.07, 6.45) is 8.77. The highest BCUT2D eigenvalue weighted by atomic mass is 16.3. The van der Waals surface area contributed by atoms with Crippen LogP contribution in [0.4, 0.5) is 0 Å². The largest absolute Gasteiger partial charge is 0.459 e. The van der Waals surface area contributed by atoms with Crippen LogP contribution in [0.3, 0.4) is 0 Å². The fourth-order valence-electron chi connectivity index (χ4n) is 4.31. The Morgan fingerprint density at radius 3 is 2.71 bits per heavy atom. The van der Waals surface area contributed by atoms with Crippen molar-refractivity contribution in [3.8, 4) is 11.3 Å². The van der Waals surface area contributed by atoms with Gasteiger partial charge in [0.2, 0.25) is 0 Å². The number of rotatable bonds is 4. The Kier molecular flexibility index (Phi) is 5.02. The van der Waals surface area contributed by atoms with E-state index in [1.807, 2.05) is 29.6 Å². The lowest BCUT2D eigenvalue weighted by Gasteiger charge is -2.31. The Hall–Kier alpha value is -3.48. The van der Waals surface area contributed by atoms with Gasteiger partial charge >= 0.3 is 0 Å². The van der Waals surface area contributed by atoms with E-state index < -0.39 is 0 Å². The first-order chi connectivity index (χ1) is 15.1. The summed E-state index contributed by atoms with van der Waals surface area (Å²) in [6, 6.07) is 9.89. The molecular formula is C24H25N5O2. The fourth-order valence-corrected chi connectivity index (χ4v) is 4.31. The molecule has 0 unspecified atom stereocenters. The molecule has 0 aliphatic carbocycles. The molecule has 4 aromatic rings. The third-order valence-electron chi connectivity index (χ3n) is 6.01. The number of imidazole rings is 1. The van der Waals surface area contributed by atoms with Crippen LogP contribution in [0.25, 0.3) is 22.3 Å². The molecular weight excluding hydrogens is 390 g/mol. The Balaban J connectivity index is 1.47. The molecule has 0 aromatic carbocycles. The second kappa shape index (κ2) is 7.98. The molecule has 1 aliphatic heterocycles. The summed E-state index contributed by atoms with van der Waals surface area (Å²) in [6.45, 7) is 5.69. The van der Waals surface area contributed by atoms with Crippen LogP contribution < -0.4 is 0 Å². The summed E-state index contributed by atoms with van der Waals surface area (Å²) in [5, 5.41) is 0. The number of likely N-dealkylation sites (tertiary alicyclic amines) is 1. The molecule has 1 saturated heterocycles. The Bertz CT molecular complexity index is 1190. The van der Waals surface area contributed by atoms with Gasteiger partial charge in [0.1, 0.15) is 5.52 Å².